The van der Waals surface area contributed by atoms with E-state index in [4.69, 9.17) is 0 Å². The lowest BCUT2D eigenvalue weighted by molar-refractivity contribution is -0.118. The van der Waals surface area contributed by atoms with Gasteiger partial charge in [-0.25, -0.2) is 21.6 Å². The third kappa shape index (κ3) is 4.98. The molecule has 0 fully saturated rings. The third-order valence-electron chi connectivity index (χ3n) is 5.28. The van der Waals surface area contributed by atoms with Crippen LogP contribution in [-0.2, 0) is 31.3 Å². The number of rotatable bonds is 9. The number of benzene rings is 2. The van der Waals surface area contributed by atoms with E-state index < -0.39 is 20.0 Å². The topological polar surface area (TPSA) is 104 Å². The van der Waals surface area contributed by atoms with E-state index in [2.05, 4.69) is 4.72 Å². The number of sulfonamides is 2. The molecule has 1 aliphatic heterocycles. The second kappa shape index (κ2) is 9.47. The average Bonchev–Trinajstić information content (AvgIpc) is 3.18. The first-order chi connectivity index (χ1) is 14.7. The van der Waals surface area contributed by atoms with E-state index in [-0.39, 0.29) is 28.7 Å². The summed E-state index contributed by atoms with van der Waals surface area (Å²) in [5.74, 6) is -0.214. The number of carbonyl (C=O) groups excluding carboxylic acids is 1. The number of nitrogens with one attached hydrogen (secondary N) is 1. The third-order valence-corrected chi connectivity index (χ3v) is 8.80. The fourth-order valence-corrected chi connectivity index (χ4v) is 6.18. The minimum Gasteiger partial charge on any atom is -0.312 e. The van der Waals surface area contributed by atoms with Crippen LogP contribution in [0.4, 0.5) is 5.69 Å². The summed E-state index contributed by atoms with van der Waals surface area (Å²) in [4.78, 5) is 14.6. The lowest BCUT2D eigenvalue weighted by Crippen LogP contribution is -2.33. The summed E-state index contributed by atoms with van der Waals surface area (Å²) in [5.41, 5.74) is 1.47. The molecule has 1 aliphatic rings. The highest BCUT2D eigenvalue weighted by Crippen LogP contribution is 2.31. The lowest BCUT2D eigenvalue weighted by Gasteiger charge is -2.20. The van der Waals surface area contributed by atoms with Crippen LogP contribution in [-0.4, -0.2) is 53.2 Å². The van der Waals surface area contributed by atoms with Crippen molar-refractivity contribution in [3.8, 4) is 0 Å². The second-order valence-corrected chi connectivity index (χ2v) is 10.8. The van der Waals surface area contributed by atoms with Crippen LogP contribution in [0.25, 0.3) is 0 Å². The molecule has 31 heavy (non-hydrogen) atoms. The second-order valence-electron chi connectivity index (χ2n) is 7.14. The molecule has 1 heterocycles. The Morgan fingerprint density at radius 1 is 1.00 bits per heavy atom. The maximum Gasteiger partial charge on any atom is 0.243 e. The molecule has 2 aromatic rings. The largest absolute Gasteiger partial charge is 0.312 e. The van der Waals surface area contributed by atoms with Crippen LogP contribution in [0, 0.1) is 0 Å². The quantitative estimate of drug-likeness (QED) is 0.610. The Hall–Kier alpha value is -2.27. The Kier molecular flexibility index (Phi) is 7.15. The zero-order chi connectivity index (χ0) is 22.6. The molecule has 0 aliphatic carbocycles. The summed E-state index contributed by atoms with van der Waals surface area (Å²) in [7, 11) is -7.23. The fraction of sp³-hybridized carbons (Fsp3) is 0.381. The minimum atomic E-state index is -3.67. The van der Waals surface area contributed by atoms with E-state index in [0.29, 0.717) is 31.7 Å². The van der Waals surface area contributed by atoms with E-state index in [1.807, 2.05) is 0 Å². The standard InChI is InChI=1S/C21H27N3O5S2/c1-3-23(4-2)31(28,29)19-10-11-20-17(16-19)13-15-24(20)21(25)12-14-22-30(26,27)18-8-6-5-7-9-18/h5-11,16,22H,3-4,12-15H2,1-2H3. The van der Waals surface area contributed by atoms with Gasteiger partial charge in [-0.3, -0.25) is 4.79 Å². The van der Waals surface area contributed by atoms with Crippen molar-refractivity contribution in [2.24, 2.45) is 0 Å². The van der Waals surface area contributed by atoms with Gasteiger partial charge in [-0.15, -0.1) is 0 Å². The van der Waals surface area contributed by atoms with E-state index in [0.717, 1.165) is 5.56 Å². The number of hydrogen-bond donors (Lipinski definition) is 1. The number of nitrogens with zero attached hydrogens (tertiary/aromatic N) is 2. The first kappa shape index (κ1) is 23.4. The van der Waals surface area contributed by atoms with Gasteiger partial charge in [0.15, 0.2) is 0 Å². The predicted octanol–water partition coefficient (Wildman–Crippen LogP) is 1.97. The summed E-state index contributed by atoms with van der Waals surface area (Å²) >= 11 is 0. The van der Waals surface area contributed by atoms with Crippen LogP contribution in [0.15, 0.2) is 58.3 Å². The van der Waals surface area contributed by atoms with E-state index >= 15 is 0 Å². The number of hydrogen-bond acceptors (Lipinski definition) is 5. The predicted molar refractivity (Wildman–Crippen MR) is 119 cm³/mol. The molecule has 0 unspecified atom stereocenters. The van der Waals surface area contributed by atoms with Gasteiger partial charge in [0, 0.05) is 38.3 Å². The van der Waals surface area contributed by atoms with Crippen LogP contribution < -0.4 is 9.62 Å². The molecule has 2 aromatic carbocycles. The van der Waals surface area contributed by atoms with E-state index in [1.54, 1.807) is 49.1 Å². The Labute approximate surface area is 184 Å². The Morgan fingerprint density at radius 3 is 2.32 bits per heavy atom. The van der Waals surface area contributed by atoms with Crippen LogP contribution in [0.3, 0.4) is 0 Å². The molecule has 0 saturated carbocycles. The van der Waals surface area contributed by atoms with E-state index in [9.17, 15) is 21.6 Å². The van der Waals surface area contributed by atoms with Crippen LogP contribution in [0.5, 0.6) is 0 Å². The highest BCUT2D eigenvalue weighted by molar-refractivity contribution is 7.89. The zero-order valence-corrected chi connectivity index (χ0v) is 19.2. The van der Waals surface area contributed by atoms with Gasteiger partial charge in [-0.1, -0.05) is 32.0 Å². The van der Waals surface area contributed by atoms with Crippen molar-refractivity contribution in [1.82, 2.24) is 9.03 Å². The first-order valence-corrected chi connectivity index (χ1v) is 13.1. The summed E-state index contributed by atoms with van der Waals surface area (Å²) in [6.45, 7) is 4.78. The molecule has 1 N–H and O–H groups in total. The molecule has 8 nitrogen and oxygen atoms in total. The van der Waals surface area contributed by atoms with Crippen LogP contribution >= 0.6 is 0 Å². The molecule has 168 valence electrons. The molecule has 3 rings (SSSR count). The Balaban J connectivity index is 1.67. The van der Waals surface area contributed by atoms with Crippen LogP contribution in [0.2, 0.25) is 0 Å². The van der Waals surface area contributed by atoms with Gasteiger partial charge < -0.3 is 4.90 Å². The van der Waals surface area contributed by atoms with Gasteiger partial charge in [0.2, 0.25) is 26.0 Å². The zero-order valence-electron chi connectivity index (χ0n) is 17.6. The van der Waals surface area contributed by atoms with Crippen molar-refractivity contribution in [3.63, 3.8) is 0 Å². The highest BCUT2D eigenvalue weighted by Gasteiger charge is 2.28. The van der Waals surface area contributed by atoms with Crippen LogP contribution in [0.1, 0.15) is 25.8 Å². The highest BCUT2D eigenvalue weighted by atomic mass is 32.2. The van der Waals surface area contributed by atoms with Gasteiger partial charge in [-0.05, 0) is 42.3 Å². The van der Waals surface area contributed by atoms with Crippen molar-refractivity contribution in [3.05, 3.63) is 54.1 Å². The molecular formula is C21H27N3O5S2. The van der Waals surface area contributed by atoms with Crippen molar-refractivity contribution < 1.29 is 21.6 Å². The lowest BCUT2D eigenvalue weighted by atomic mass is 10.2. The molecule has 0 spiro atoms. The molecule has 0 atom stereocenters. The smallest absolute Gasteiger partial charge is 0.243 e. The van der Waals surface area contributed by atoms with Gasteiger partial charge in [-0.2, -0.15) is 4.31 Å². The Bertz CT molecular complexity index is 1140. The number of anilines is 1. The Morgan fingerprint density at radius 2 is 1.68 bits per heavy atom. The normalized spacial score (nSPS) is 14.1. The molecule has 0 saturated heterocycles. The van der Waals surface area contributed by atoms with Gasteiger partial charge in [0.25, 0.3) is 0 Å². The maximum absolute atomic E-state index is 12.7. The SMILES string of the molecule is CCN(CC)S(=O)(=O)c1ccc2c(c1)CCN2C(=O)CCNS(=O)(=O)c1ccccc1. The summed E-state index contributed by atoms with van der Waals surface area (Å²) in [5, 5.41) is 0. The van der Waals surface area contributed by atoms with E-state index in [1.165, 1.54) is 22.5 Å². The van der Waals surface area contributed by atoms with Crippen molar-refractivity contribution >= 4 is 31.6 Å². The average molecular weight is 466 g/mol. The number of carbonyl (C=O) groups is 1. The number of amides is 1. The number of fused-ring (bicyclic) bond motifs is 1. The van der Waals surface area contributed by atoms with Gasteiger partial charge in [0.1, 0.15) is 0 Å². The maximum atomic E-state index is 12.7. The van der Waals surface area contributed by atoms with Crippen molar-refractivity contribution in [2.45, 2.75) is 36.5 Å². The minimum absolute atomic E-state index is 0.00496. The summed E-state index contributed by atoms with van der Waals surface area (Å²) < 4.78 is 53.9. The first-order valence-electron chi connectivity index (χ1n) is 10.2. The van der Waals surface area contributed by atoms with Crippen molar-refractivity contribution in [2.75, 3.05) is 31.1 Å². The molecule has 0 aromatic heterocycles. The van der Waals surface area contributed by atoms with Crippen molar-refractivity contribution in [1.29, 1.82) is 0 Å². The summed E-state index contributed by atoms with van der Waals surface area (Å²) in [6.07, 6.45) is 0.559. The molecule has 10 heteroatoms. The molecule has 0 radical (unpaired) electrons. The molecular weight excluding hydrogens is 438 g/mol. The molecule has 0 bridgehead atoms. The summed E-state index contributed by atoms with van der Waals surface area (Å²) in [6, 6.07) is 12.8. The monoisotopic (exact) mass is 465 g/mol. The molecule has 1 amide bonds. The van der Waals surface area contributed by atoms with Gasteiger partial charge >= 0.3 is 0 Å². The fourth-order valence-electron chi connectivity index (χ4n) is 3.62. The van der Waals surface area contributed by atoms with Gasteiger partial charge in [0.05, 0.1) is 9.79 Å².